The normalized spacial score (nSPS) is 22.1. The highest BCUT2D eigenvalue weighted by molar-refractivity contribution is 4.80. The van der Waals surface area contributed by atoms with Gasteiger partial charge >= 0.3 is 0 Å². The van der Waals surface area contributed by atoms with Crippen LogP contribution in [0.25, 0.3) is 0 Å². The van der Waals surface area contributed by atoms with Crippen molar-refractivity contribution >= 4 is 0 Å². The summed E-state index contributed by atoms with van der Waals surface area (Å²) < 4.78 is 5.07. The van der Waals surface area contributed by atoms with Crippen LogP contribution < -0.4 is 5.32 Å². The van der Waals surface area contributed by atoms with Gasteiger partial charge < -0.3 is 19.9 Å². The van der Waals surface area contributed by atoms with Gasteiger partial charge in [-0.1, -0.05) is 6.92 Å². The average Bonchev–Trinajstić information content (AvgIpc) is 2.72. The van der Waals surface area contributed by atoms with Gasteiger partial charge in [-0.15, -0.1) is 0 Å². The number of hydrogen-bond acceptors (Lipinski definition) is 4. The van der Waals surface area contributed by atoms with E-state index in [9.17, 15) is 0 Å². The number of rotatable bonds is 8. The summed E-state index contributed by atoms with van der Waals surface area (Å²) >= 11 is 0. The van der Waals surface area contributed by atoms with Gasteiger partial charge in [-0.05, 0) is 26.6 Å². The Bertz CT molecular complexity index is 178. The molecule has 0 aromatic heterocycles. The lowest BCUT2D eigenvalue weighted by Crippen LogP contribution is -2.36. The monoisotopic (exact) mass is 229 g/mol. The molecule has 4 heteroatoms. The van der Waals surface area contributed by atoms with Crippen LogP contribution >= 0.6 is 0 Å². The maximum atomic E-state index is 5.07. The van der Waals surface area contributed by atoms with Crippen molar-refractivity contribution in [2.24, 2.45) is 0 Å². The zero-order valence-corrected chi connectivity index (χ0v) is 11.0. The smallest absolute Gasteiger partial charge is 0.0589 e. The molecular formula is C12H27N3O. The molecule has 1 N–H and O–H groups in total. The molecule has 4 nitrogen and oxygen atoms in total. The molecule has 1 aliphatic rings. The van der Waals surface area contributed by atoms with Crippen LogP contribution in [0.5, 0.6) is 0 Å². The van der Waals surface area contributed by atoms with Gasteiger partial charge in [0.15, 0.2) is 0 Å². The molecule has 1 rings (SSSR count). The van der Waals surface area contributed by atoms with Gasteiger partial charge in [0, 0.05) is 39.3 Å². The second kappa shape index (κ2) is 8.01. The summed E-state index contributed by atoms with van der Waals surface area (Å²) in [6, 6.07) is 0.717. The SMILES string of the molecule is CCNC1CCN(CCN(C)CCOC)C1. The zero-order valence-electron chi connectivity index (χ0n) is 11.0. The number of likely N-dealkylation sites (tertiary alicyclic amines) is 1. The van der Waals surface area contributed by atoms with Gasteiger partial charge in [0.1, 0.15) is 0 Å². The Balaban J connectivity index is 2.05. The molecule has 1 aliphatic heterocycles. The first-order chi connectivity index (χ1) is 7.76. The van der Waals surface area contributed by atoms with Crippen LogP contribution in [0.2, 0.25) is 0 Å². The fraction of sp³-hybridized carbons (Fsp3) is 1.00. The fourth-order valence-electron chi connectivity index (χ4n) is 2.16. The maximum Gasteiger partial charge on any atom is 0.0589 e. The van der Waals surface area contributed by atoms with E-state index in [0.717, 1.165) is 26.2 Å². The van der Waals surface area contributed by atoms with Crippen LogP contribution in [0.1, 0.15) is 13.3 Å². The van der Waals surface area contributed by atoms with E-state index in [0.29, 0.717) is 6.04 Å². The fourth-order valence-corrected chi connectivity index (χ4v) is 2.16. The van der Waals surface area contributed by atoms with Crippen molar-refractivity contribution in [2.75, 3.05) is 60.0 Å². The first-order valence-electron chi connectivity index (χ1n) is 6.39. The highest BCUT2D eigenvalue weighted by atomic mass is 16.5. The summed E-state index contributed by atoms with van der Waals surface area (Å²) in [5.74, 6) is 0. The van der Waals surface area contributed by atoms with Crippen LogP contribution in [-0.4, -0.2) is 75.9 Å². The van der Waals surface area contributed by atoms with Crippen molar-refractivity contribution in [1.82, 2.24) is 15.1 Å². The van der Waals surface area contributed by atoms with Crippen molar-refractivity contribution in [2.45, 2.75) is 19.4 Å². The molecule has 0 spiro atoms. The van der Waals surface area contributed by atoms with Gasteiger partial charge in [-0.3, -0.25) is 0 Å². The van der Waals surface area contributed by atoms with E-state index in [1.165, 1.54) is 26.1 Å². The van der Waals surface area contributed by atoms with Crippen molar-refractivity contribution < 1.29 is 4.74 Å². The van der Waals surface area contributed by atoms with Crippen LogP contribution in [-0.2, 0) is 4.74 Å². The van der Waals surface area contributed by atoms with Gasteiger partial charge in [-0.25, -0.2) is 0 Å². The Labute approximate surface area is 99.9 Å². The van der Waals surface area contributed by atoms with E-state index >= 15 is 0 Å². The number of ether oxygens (including phenoxy) is 1. The minimum Gasteiger partial charge on any atom is -0.383 e. The number of methoxy groups -OCH3 is 1. The van der Waals surface area contributed by atoms with Gasteiger partial charge in [0.2, 0.25) is 0 Å². The molecule has 0 saturated carbocycles. The molecular weight excluding hydrogens is 202 g/mol. The van der Waals surface area contributed by atoms with E-state index in [-0.39, 0.29) is 0 Å². The minimum atomic E-state index is 0.717. The molecule has 1 heterocycles. The number of hydrogen-bond donors (Lipinski definition) is 1. The number of likely N-dealkylation sites (N-methyl/N-ethyl adjacent to an activating group) is 2. The molecule has 96 valence electrons. The largest absolute Gasteiger partial charge is 0.383 e. The van der Waals surface area contributed by atoms with Crippen molar-refractivity contribution in [1.29, 1.82) is 0 Å². The lowest BCUT2D eigenvalue weighted by Gasteiger charge is -2.21. The summed E-state index contributed by atoms with van der Waals surface area (Å²) in [5.41, 5.74) is 0. The van der Waals surface area contributed by atoms with Gasteiger partial charge in [-0.2, -0.15) is 0 Å². The number of nitrogens with zero attached hydrogens (tertiary/aromatic N) is 2. The molecule has 0 bridgehead atoms. The second-order valence-electron chi connectivity index (χ2n) is 4.64. The third-order valence-electron chi connectivity index (χ3n) is 3.24. The third kappa shape index (κ3) is 5.25. The minimum absolute atomic E-state index is 0.717. The quantitative estimate of drug-likeness (QED) is 0.646. The van der Waals surface area contributed by atoms with Gasteiger partial charge in [0.25, 0.3) is 0 Å². The van der Waals surface area contributed by atoms with Crippen molar-refractivity contribution in [3.05, 3.63) is 0 Å². The van der Waals surface area contributed by atoms with Crippen LogP contribution in [0.4, 0.5) is 0 Å². The lowest BCUT2D eigenvalue weighted by atomic mass is 10.3. The number of nitrogens with one attached hydrogen (secondary N) is 1. The van der Waals surface area contributed by atoms with Crippen LogP contribution in [0.15, 0.2) is 0 Å². The molecule has 0 radical (unpaired) electrons. The highest BCUT2D eigenvalue weighted by Gasteiger charge is 2.20. The molecule has 1 saturated heterocycles. The summed E-state index contributed by atoms with van der Waals surface area (Å²) in [6.45, 7) is 9.91. The highest BCUT2D eigenvalue weighted by Crippen LogP contribution is 2.08. The molecule has 1 fully saturated rings. The Morgan fingerprint density at radius 3 is 2.94 bits per heavy atom. The predicted molar refractivity (Wildman–Crippen MR) is 67.9 cm³/mol. The summed E-state index contributed by atoms with van der Waals surface area (Å²) in [7, 11) is 3.92. The topological polar surface area (TPSA) is 27.7 Å². The summed E-state index contributed by atoms with van der Waals surface area (Å²) in [4.78, 5) is 4.89. The van der Waals surface area contributed by atoms with Crippen LogP contribution in [0.3, 0.4) is 0 Å². The molecule has 0 amide bonds. The molecule has 16 heavy (non-hydrogen) atoms. The molecule has 1 atom stereocenters. The Kier molecular flexibility index (Phi) is 6.96. The van der Waals surface area contributed by atoms with Crippen molar-refractivity contribution in [3.63, 3.8) is 0 Å². The average molecular weight is 229 g/mol. The Hall–Kier alpha value is -0.160. The van der Waals surface area contributed by atoms with E-state index in [1.807, 2.05) is 0 Å². The Morgan fingerprint density at radius 2 is 2.25 bits per heavy atom. The zero-order chi connectivity index (χ0) is 11.8. The maximum absolute atomic E-state index is 5.07. The third-order valence-corrected chi connectivity index (χ3v) is 3.24. The van der Waals surface area contributed by atoms with Crippen molar-refractivity contribution in [3.8, 4) is 0 Å². The first kappa shape index (κ1) is 13.9. The standard InChI is InChI=1S/C12H27N3O/c1-4-13-12-5-6-15(11-12)8-7-14(2)9-10-16-3/h12-13H,4-11H2,1-3H3. The molecule has 1 unspecified atom stereocenters. The van der Waals surface area contributed by atoms with Crippen LogP contribution in [0, 0.1) is 0 Å². The second-order valence-corrected chi connectivity index (χ2v) is 4.64. The lowest BCUT2D eigenvalue weighted by molar-refractivity contribution is 0.154. The first-order valence-corrected chi connectivity index (χ1v) is 6.39. The summed E-state index contributed by atoms with van der Waals surface area (Å²) in [6.07, 6.45) is 1.30. The van der Waals surface area contributed by atoms with E-state index < -0.39 is 0 Å². The summed E-state index contributed by atoms with van der Waals surface area (Å²) in [5, 5.41) is 3.52. The predicted octanol–water partition coefficient (Wildman–Crippen LogP) is 0.248. The molecule has 0 aliphatic carbocycles. The molecule has 0 aromatic carbocycles. The Morgan fingerprint density at radius 1 is 1.44 bits per heavy atom. The van der Waals surface area contributed by atoms with E-state index in [1.54, 1.807) is 7.11 Å². The van der Waals surface area contributed by atoms with E-state index in [2.05, 4.69) is 29.1 Å². The molecule has 0 aromatic rings. The van der Waals surface area contributed by atoms with E-state index in [4.69, 9.17) is 4.74 Å². The van der Waals surface area contributed by atoms with Gasteiger partial charge in [0.05, 0.1) is 6.61 Å².